The van der Waals surface area contributed by atoms with E-state index < -0.39 is 49.4 Å². The molecule has 2 saturated heterocycles. The highest BCUT2D eigenvalue weighted by atomic mass is 31.2. The Hall–Kier alpha value is -3.29. The molecule has 4 heterocycles. The highest BCUT2D eigenvalue weighted by Crippen LogP contribution is 2.51. The Morgan fingerprint density at radius 3 is 2.38 bits per heavy atom. The smallest absolute Gasteiger partial charge is 0.382 e. The molecule has 0 radical (unpaired) electrons. The molecule has 1 unspecified atom stereocenters. The van der Waals surface area contributed by atoms with Crippen molar-refractivity contribution in [3.63, 3.8) is 0 Å². The maximum absolute atomic E-state index is 14.1. The number of nitrogens with two attached hydrogens (primary N) is 1. The van der Waals surface area contributed by atoms with E-state index in [0.29, 0.717) is 29.2 Å². The monoisotopic (exact) mass is 857 g/mol. The van der Waals surface area contributed by atoms with Gasteiger partial charge in [-0.1, -0.05) is 76.9 Å². The summed E-state index contributed by atoms with van der Waals surface area (Å²) in [5, 5.41) is 13.6. The lowest BCUT2D eigenvalue weighted by Gasteiger charge is -2.31. The van der Waals surface area contributed by atoms with Gasteiger partial charge in [-0.15, -0.1) is 0 Å². The minimum absolute atomic E-state index is 0.0545. The van der Waals surface area contributed by atoms with Crippen LogP contribution in [-0.4, -0.2) is 76.1 Å². The molecule has 2 fully saturated rings. The number of ether oxygens (including phenoxy) is 5. The Labute approximate surface area is 354 Å². The van der Waals surface area contributed by atoms with Gasteiger partial charge in [-0.3, -0.25) is 9.05 Å². The minimum atomic E-state index is -4.67. The zero-order valence-corrected chi connectivity index (χ0v) is 36.7. The molecule has 6 atom stereocenters. The summed E-state index contributed by atoms with van der Waals surface area (Å²) < 4.78 is 70.9. The van der Waals surface area contributed by atoms with Crippen molar-refractivity contribution in [3.05, 3.63) is 71.4 Å². The number of hydrogen-bond acceptors (Lipinski definition) is 12. The van der Waals surface area contributed by atoms with E-state index in [4.69, 9.17) is 38.5 Å². The first kappa shape index (κ1) is 47.8. The molecule has 0 amide bonds. The van der Waals surface area contributed by atoms with E-state index in [1.807, 2.05) is 19.1 Å². The first-order chi connectivity index (χ1) is 28.8. The largest absolute Gasteiger partial charge is 0.472 e. The number of phosphoric acid groups is 1. The van der Waals surface area contributed by atoms with Crippen LogP contribution < -0.4 is 5.73 Å². The van der Waals surface area contributed by atoms with Crippen LogP contribution in [0.5, 0.6) is 0 Å². The lowest BCUT2D eigenvalue weighted by atomic mass is 9.93. The van der Waals surface area contributed by atoms with Crippen LogP contribution in [0.2, 0.25) is 0 Å². The van der Waals surface area contributed by atoms with E-state index in [0.717, 1.165) is 31.7 Å². The average Bonchev–Trinajstić information content (AvgIpc) is 3.88. The highest BCUT2D eigenvalue weighted by molar-refractivity contribution is 7.47. The normalized spacial score (nSPS) is 22.6. The topological polar surface area (TPSA) is 182 Å². The molecule has 3 N–H and O–H groups in total. The van der Waals surface area contributed by atoms with E-state index in [1.54, 1.807) is 24.4 Å². The maximum atomic E-state index is 14.1. The maximum Gasteiger partial charge on any atom is 0.472 e. The van der Waals surface area contributed by atoms with Crippen molar-refractivity contribution < 1.29 is 46.6 Å². The van der Waals surface area contributed by atoms with Crippen molar-refractivity contribution in [2.24, 2.45) is 0 Å². The van der Waals surface area contributed by atoms with Gasteiger partial charge in [-0.05, 0) is 88.8 Å². The number of nitrogens with zero attached hydrogens (tertiary/aromatic N) is 4. The fourth-order valence-electron chi connectivity index (χ4n) is 7.80. The lowest BCUT2D eigenvalue weighted by Crippen LogP contribution is -2.39. The third-order valence-electron chi connectivity index (χ3n) is 10.9. The lowest BCUT2D eigenvalue weighted by molar-refractivity contribution is -0.212. The number of aromatic nitrogens is 3. The number of rotatable bonds is 28. The van der Waals surface area contributed by atoms with E-state index in [1.165, 1.54) is 82.7 Å². The van der Waals surface area contributed by atoms with Crippen LogP contribution in [0.3, 0.4) is 0 Å². The average molecular weight is 858 g/mol. The summed E-state index contributed by atoms with van der Waals surface area (Å²) in [5.41, 5.74) is 6.78. The highest BCUT2D eigenvalue weighted by Gasteiger charge is 2.62. The number of allylic oxidation sites excluding steroid dienone is 2. The van der Waals surface area contributed by atoms with Crippen LogP contribution in [0, 0.1) is 17.1 Å². The number of fused-ring (bicyclic) bond motifs is 2. The van der Waals surface area contributed by atoms with Gasteiger partial charge in [0.1, 0.15) is 47.7 Å². The molecule has 2 aromatic heterocycles. The fraction of sp³-hybridized carbons (Fsp3) is 0.659. The Morgan fingerprint density at radius 1 is 0.967 bits per heavy atom. The summed E-state index contributed by atoms with van der Waals surface area (Å²) in [6.07, 6.45) is 20.0. The molecule has 332 valence electrons. The molecule has 0 spiro atoms. The standard InChI is InChI=1S/C44H65FN5O9P/c1-5-6-7-8-9-10-11-12-13-14-15-16-17-18-19-20-23-53-29-36(54-28-34-24-33(27-46)25-35(45)26-34)30-55-60(51,52)56-31-38-40-41(59-43(2,3)58-40)44(4,57-38)39-22-21-37-42(47)48-32-49-50(37)39/h12-13,21-22,24-26,32,36,38,40-41H,5-11,14-20,23,28-31H2,1-4H3,(H,51,52)(H2,47,48,49)/b13-12-/t36-,38-,40-,41-,44+/m1/s1. The number of nitriles is 1. The third-order valence-corrected chi connectivity index (χ3v) is 11.9. The zero-order chi connectivity index (χ0) is 43.0. The third kappa shape index (κ3) is 14.1. The van der Waals surface area contributed by atoms with Crippen LogP contribution in [-0.2, 0) is 49.5 Å². The van der Waals surface area contributed by atoms with Crippen molar-refractivity contribution in [2.45, 2.75) is 160 Å². The summed E-state index contributed by atoms with van der Waals surface area (Å²) in [6.45, 7) is 7.38. The predicted octanol–water partition coefficient (Wildman–Crippen LogP) is 9.23. The molecule has 1 aromatic carbocycles. The molecule has 0 saturated carbocycles. The van der Waals surface area contributed by atoms with Crippen molar-refractivity contribution in [2.75, 3.05) is 32.2 Å². The second kappa shape index (κ2) is 23.2. The first-order valence-electron chi connectivity index (χ1n) is 21.6. The summed E-state index contributed by atoms with van der Waals surface area (Å²) in [4.78, 5) is 14.9. The van der Waals surface area contributed by atoms with Crippen LogP contribution in [0.1, 0.15) is 134 Å². The number of anilines is 1. The molecular formula is C44H65FN5O9P. The van der Waals surface area contributed by atoms with Crippen LogP contribution in [0.4, 0.5) is 10.2 Å². The van der Waals surface area contributed by atoms with Gasteiger partial charge < -0.3 is 34.3 Å². The summed E-state index contributed by atoms with van der Waals surface area (Å²) in [7, 11) is -4.67. The summed E-state index contributed by atoms with van der Waals surface area (Å²) in [6, 6.07) is 9.46. The molecule has 2 aliphatic rings. The van der Waals surface area contributed by atoms with Crippen molar-refractivity contribution in [1.82, 2.24) is 14.6 Å². The summed E-state index contributed by atoms with van der Waals surface area (Å²) in [5.74, 6) is -1.24. The Balaban J connectivity index is 1.07. The van der Waals surface area contributed by atoms with E-state index >= 15 is 0 Å². The van der Waals surface area contributed by atoms with Gasteiger partial charge in [-0.25, -0.2) is 18.5 Å². The fourth-order valence-corrected chi connectivity index (χ4v) is 8.57. The van der Waals surface area contributed by atoms with Gasteiger partial charge in [0.25, 0.3) is 0 Å². The second-order valence-electron chi connectivity index (χ2n) is 16.4. The first-order valence-corrected chi connectivity index (χ1v) is 23.1. The molecule has 2 aliphatic heterocycles. The van der Waals surface area contributed by atoms with Crippen molar-refractivity contribution >= 4 is 19.2 Å². The second-order valence-corrected chi connectivity index (χ2v) is 17.9. The van der Waals surface area contributed by atoms with Gasteiger partial charge in [0.05, 0.1) is 43.8 Å². The number of halogens is 1. The zero-order valence-electron chi connectivity index (χ0n) is 35.8. The number of benzene rings is 1. The van der Waals surface area contributed by atoms with Gasteiger partial charge in [0.2, 0.25) is 0 Å². The Kier molecular flexibility index (Phi) is 18.5. The summed E-state index contributed by atoms with van der Waals surface area (Å²) >= 11 is 0. The molecule has 0 aliphatic carbocycles. The number of nitrogen functional groups attached to an aromatic ring is 1. The number of phosphoric ester groups is 1. The molecule has 60 heavy (non-hydrogen) atoms. The van der Waals surface area contributed by atoms with Crippen molar-refractivity contribution in [3.8, 4) is 6.07 Å². The van der Waals surface area contributed by atoms with Crippen LogP contribution >= 0.6 is 7.82 Å². The molecule has 3 aromatic rings. The van der Waals surface area contributed by atoms with E-state index in [2.05, 4.69) is 29.2 Å². The molecule has 14 nitrogen and oxygen atoms in total. The molecule has 5 rings (SSSR count). The SMILES string of the molecule is CCCCCCCC/C=C\CCCCCCCCOC[C@H](COP(=O)(O)OC[C@H]1O[C@@](C)(c2ccc3c(N)ncnn23)[C@@H]2OC(C)(C)O[C@@H]21)OCc1cc(F)cc(C#N)c1. The van der Waals surface area contributed by atoms with Gasteiger partial charge in [0, 0.05) is 6.61 Å². The molecular weight excluding hydrogens is 792 g/mol. The number of hydrogen-bond donors (Lipinski definition) is 2. The predicted molar refractivity (Wildman–Crippen MR) is 225 cm³/mol. The van der Waals surface area contributed by atoms with Crippen molar-refractivity contribution in [1.29, 1.82) is 5.26 Å². The molecule has 0 bridgehead atoms. The number of unbranched alkanes of at least 4 members (excludes halogenated alkanes) is 12. The van der Waals surface area contributed by atoms with Crippen LogP contribution in [0.25, 0.3) is 5.52 Å². The molecule has 16 heteroatoms. The van der Waals surface area contributed by atoms with Gasteiger partial charge >= 0.3 is 7.82 Å². The Morgan fingerprint density at radius 2 is 1.67 bits per heavy atom. The van der Waals surface area contributed by atoms with Crippen LogP contribution in [0.15, 0.2) is 48.8 Å². The van der Waals surface area contributed by atoms with E-state index in [9.17, 15) is 19.1 Å². The van der Waals surface area contributed by atoms with E-state index in [-0.39, 0.29) is 32.0 Å². The van der Waals surface area contributed by atoms with Gasteiger partial charge in [0.15, 0.2) is 11.6 Å². The quantitative estimate of drug-likeness (QED) is 0.0401. The minimum Gasteiger partial charge on any atom is -0.382 e. The van der Waals surface area contributed by atoms with Gasteiger partial charge in [-0.2, -0.15) is 10.4 Å². The Bertz CT molecular complexity index is 1910.